The first kappa shape index (κ1) is 31.3. The number of hydrogen-bond acceptors (Lipinski definition) is 7. The van der Waals surface area contributed by atoms with Gasteiger partial charge in [-0.15, -0.1) is 0 Å². The summed E-state index contributed by atoms with van der Waals surface area (Å²) in [6.45, 7) is 7.33. The zero-order valence-electron chi connectivity index (χ0n) is 22.8. The van der Waals surface area contributed by atoms with Gasteiger partial charge in [-0.2, -0.15) is 0 Å². The maximum Gasteiger partial charge on any atom is 0.326 e. The third kappa shape index (κ3) is 10.0. The number of carbonyl (C=O) groups is 4. The predicted molar refractivity (Wildman–Crippen MR) is 144 cm³/mol. The summed E-state index contributed by atoms with van der Waals surface area (Å²) in [5.74, 6) is -3.22. The van der Waals surface area contributed by atoms with Crippen LogP contribution in [0.25, 0.3) is 0 Å². The van der Waals surface area contributed by atoms with E-state index in [1.54, 1.807) is 25.3 Å². The molecule has 0 fully saturated rings. The van der Waals surface area contributed by atoms with E-state index in [1.165, 1.54) is 18.5 Å². The lowest BCUT2D eigenvalue weighted by atomic mass is 9.96. The van der Waals surface area contributed by atoms with Crippen LogP contribution in [0.4, 0.5) is 0 Å². The molecule has 2 aromatic rings. The number of aliphatic carboxylic acids is 1. The van der Waals surface area contributed by atoms with Crippen molar-refractivity contribution in [3.05, 3.63) is 48.0 Å². The standard InChI is InChI=1S/C27H40N6O6/c1-5-16(4)23(26(37)32-22(27(38)39)10-15(2)3)33-25(36)21(11-17-6-8-19(34)9-7-17)31-24(35)20(28)12-18-13-29-14-30-18/h6-9,13-16,20-23,34H,5,10-12,28H2,1-4H3,(H,29,30)(H,31,35)(H,32,37)(H,33,36)(H,38,39). The van der Waals surface area contributed by atoms with E-state index >= 15 is 0 Å². The molecule has 1 aromatic heterocycles. The van der Waals surface area contributed by atoms with Gasteiger partial charge in [-0.1, -0.05) is 46.2 Å². The van der Waals surface area contributed by atoms with Gasteiger partial charge < -0.3 is 36.9 Å². The first-order valence-electron chi connectivity index (χ1n) is 13.1. The molecule has 12 heteroatoms. The molecule has 0 bridgehead atoms. The molecule has 1 aromatic carbocycles. The van der Waals surface area contributed by atoms with Crippen molar-refractivity contribution >= 4 is 23.7 Å². The Hall–Kier alpha value is -3.93. The average molecular weight is 545 g/mol. The number of phenolic OH excluding ortho intramolecular Hbond substituents is 1. The Labute approximate surface area is 228 Å². The van der Waals surface area contributed by atoms with Crippen molar-refractivity contribution < 1.29 is 29.4 Å². The predicted octanol–water partition coefficient (Wildman–Crippen LogP) is 0.859. The first-order chi connectivity index (χ1) is 18.4. The van der Waals surface area contributed by atoms with E-state index in [0.717, 1.165) is 0 Å². The number of rotatable bonds is 15. The fourth-order valence-corrected chi connectivity index (χ4v) is 3.99. The quantitative estimate of drug-likeness (QED) is 0.171. The number of amides is 3. The zero-order chi connectivity index (χ0) is 29.1. The van der Waals surface area contributed by atoms with E-state index in [9.17, 15) is 29.4 Å². The highest BCUT2D eigenvalue weighted by atomic mass is 16.4. The van der Waals surface area contributed by atoms with Crippen LogP contribution in [-0.4, -0.2) is 68.0 Å². The minimum absolute atomic E-state index is 0.0268. The molecule has 1 heterocycles. The molecule has 0 saturated carbocycles. The second-order valence-corrected chi connectivity index (χ2v) is 10.2. The van der Waals surface area contributed by atoms with Crippen LogP contribution in [0.3, 0.4) is 0 Å². The van der Waals surface area contributed by atoms with E-state index in [0.29, 0.717) is 17.7 Å². The summed E-state index contributed by atoms with van der Waals surface area (Å²) in [5, 5.41) is 27.1. The molecule has 0 aliphatic carbocycles. The Bertz CT molecular complexity index is 1090. The molecule has 0 aliphatic heterocycles. The van der Waals surface area contributed by atoms with E-state index < -0.39 is 47.9 Å². The number of carboxylic acids is 1. The van der Waals surface area contributed by atoms with Crippen molar-refractivity contribution in [1.82, 2.24) is 25.9 Å². The molecule has 0 spiro atoms. The normalized spacial score (nSPS) is 15.0. The number of imidazole rings is 1. The van der Waals surface area contributed by atoms with E-state index in [2.05, 4.69) is 25.9 Å². The smallest absolute Gasteiger partial charge is 0.326 e. The van der Waals surface area contributed by atoms with Gasteiger partial charge in [-0.05, 0) is 36.0 Å². The molecule has 2 rings (SSSR count). The lowest BCUT2D eigenvalue weighted by Gasteiger charge is -2.28. The van der Waals surface area contributed by atoms with Crippen molar-refractivity contribution in [3.63, 3.8) is 0 Å². The third-order valence-corrected chi connectivity index (χ3v) is 6.46. The number of carboxylic acid groups (broad SMARTS) is 1. The number of aromatic amines is 1. The van der Waals surface area contributed by atoms with Crippen molar-refractivity contribution in [2.24, 2.45) is 17.6 Å². The van der Waals surface area contributed by atoms with Gasteiger partial charge in [0, 0.05) is 24.7 Å². The van der Waals surface area contributed by atoms with Crippen LogP contribution >= 0.6 is 0 Å². The van der Waals surface area contributed by atoms with Gasteiger partial charge in [-0.25, -0.2) is 9.78 Å². The minimum atomic E-state index is -1.16. The number of benzene rings is 1. The van der Waals surface area contributed by atoms with Crippen LogP contribution in [-0.2, 0) is 32.0 Å². The molecule has 5 unspecified atom stereocenters. The lowest BCUT2D eigenvalue weighted by molar-refractivity contribution is -0.143. The Kier molecular flexibility index (Phi) is 11.9. The molecule has 0 radical (unpaired) electrons. The van der Waals surface area contributed by atoms with Crippen LogP contribution in [0, 0.1) is 11.8 Å². The van der Waals surface area contributed by atoms with Crippen LogP contribution in [0.2, 0.25) is 0 Å². The fraction of sp³-hybridized carbons (Fsp3) is 0.519. The average Bonchev–Trinajstić information content (AvgIpc) is 3.39. The number of phenols is 1. The number of aromatic hydroxyl groups is 1. The molecule has 12 nitrogen and oxygen atoms in total. The van der Waals surface area contributed by atoms with Crippen molar-refractivity contribution in [2.75, 3.05) is 0 Å². The molecule has 8 N–H and O–H groups in total. The Morgan fingerprint density at radius 2 is 1.59 bits per heavy atom. The Morgan fingerprint density at radius 3 is 2.13 bits per heavy atom. The maximum absolute atomic E-state index is 13.5. The second kappa shape index (κ2) is 14.9. The molecule has 0 saturated heterocycles. The van der Waals surface area contributed by atoms with Crippen LogP contribution < -0.4 is 21.7 Å². The highest BCUT2D eigenvalue weighted by molar-refractivity contribution is 5.94. The van der Waals surface area contributed by atoms with Gasteiger partial charge in [0.15, 0.2) is 0 Å². The van der Waals surface area contributed by atoms with Gasteiger partial charge in [-0.3, -0.25) is 14.4 Å². The maximum atomic E-state index is 13.5. The van der Waals surface area contributed by atoms with Gasteiger partial charge in [0.25, 0.3) is 0 Å². The molecule has 39 heavy (non-hydrogen) atoms. The summed E-state index contributed by atoms with van der Waals surface area (Å²) >= 11 is 0. The molecule has 5 atom stereocenters. The number of nitrogens with zero attached hydrogens (tertiary/aromatic N) is 1. The van der Waals surface area contributed by atoms with Gasteiger partial charge in [0.05, 0.1) is 12.4 Å². The van der Waals surface area contributed by atoms with Crippen molar-refractivity contribution in [2.45, 2.75) is 77.5 Å². The zero-order valence-corrected chi connectivity index (χ0v) is 22.8. The highest BCUT2D eigenvalue weighted by Crippen LogP contribution is 2.14. The molecule has 0 aliphatic rings. The topological polar surface area (TPSA) is 200 Å². The largest absolute Gasteiger partial charge is 0.508 e. The molecule has 214 valence electrons. The fourth-order valence-electron chi connectivity index (χ4n) is 3.99. The van der Waals surface area contributed by atoms with E-state index in [-0.39, 0.29) is 36.8 Å². The van der Waals surface area contributed by atoms with Crippen molar-refractivity contribution in [1.29, 1.82) is 0 Å². The minimum Gasteiger partial charge on any atom is -0.508 e. The summed E-state index contributed by atoms with van der Waals surface area (Å²) in [7, 11) is 0. The molecular weight excluding hydrogens is 504 g/mol. The molecule has 3 amide bonds. The number of H-pyrrole nitrogens is 1. The summed E-state index contributed by atoms with van der Waals surface area (Å²) in [5.41, 5.74) is 7.38. The number of aromatic nitrogens is 2. The molecular formula is C27H40N6O6. The number of carbonyl (C=O) groups excluding carboxylic acids is 3. The summed E-state index contributed by atoms with van der Waals surface area (Å²) in [6.07, 6.45) is 4.02. The van der Waals surface area contributed by atoms with Crippen molar-refractivity contribution in [3.8, 4) is 5.75 Å². The second-order valence-electron chi connectivity index (χ2n) is 10.2. The van der Waals surface area contributed by atoms with Crippen LogP contribution in [0.15, 0.2) is 36.8 Å². The SMILES string of the molecule is CCC(C)C(NC(=O)C(Cc1ccc(O)cc1)NC(=O)C(N)Cc1cnc[nH]1)C(=O)NC(CC(C)C)C(=O)O. The van der Waals surface area contributed by atoms with E-state index in [1.807, 2.05) is 20.8 Å². The summed E-state index contributed by atoms with van der Waals surface area (Å²) in [6, 6.07) is 1.96. The van der Waals surface area contributed by atoms with E-state index in [4.69, 9.17) is 5.73 Å². The lowest BCUT2D eigenvalue weighted by Crippen LogP contribution is -2.59. The van der Waals surface area contributed by atoms with Gasteiger partial charge >= 0.3 is 5.97 Å². The van der Waals surface area contributed by atoms with Gasteiger partial charge in [0.2, 0.25) is 17.7 Å². The monoisotopic (exact) mass is 544 g/mol. The number of nitrogens with two attached hydrogens (primary N) is 1. The number of hydrogen-bond donors (Lipinski definition) is 7. The number of nitrogens with one attached hydrogen (secondary N) is 4. The summed E-state index contributed by atoms with van der Waals surface area (Å²) < 4.78 is 0. The summed E-state index contributed by atoms with van der Waals surface area (Å²) in [4.78, 5) is 58.1. The first-order valence-corrected chi connectivity index (χ1v) is 13.1. The Balaban J connectivity index is 2.24. The Morgan fingerprint density at radius 1 is 0.949 bits per heavy atom. The third-order valence-electron chi connectivity index (χ3n) is 6.46. The van der Waals surface area contributed by atoms with Crippen LogP contribution in [0.5, 0.6) is 5.75 Å². The highest BCUT2D eigenvalue weighted by Gasteiger charge is 2.33. The van der Waals surface area contributed by atoms with Gasteiger partial charge in [0.1, 0.15) is 23.9 Å². The van der Waals surface area contributed by atoms with Crippen LogP contribution in [0.1, 0.15) is 51.8 Å².